The van der Waals surface area contributed by atoms with Crippen molar-refractivity contribution in [3.8, 4) is 5.75 Å². The predicted octanol–water partition coefficient (Wildman–Crippen LogP) is 4.53. The van der Waals surface area contributed by atoms with E-state index in [-0.39, 0.29) is 42.5 Å². The van der Waals surface area contributed by atoms with Crippen molar-refractivity contribution in [3.63, 3.8) is 0 Å². The maximum absolute atomic E-state index is 13.0. The zero-order valence-corrected chi connectivity index (χ0v) is 21.5. The monoisotopic (exact) mass is 500 g/mol. The van der Waals surface area contributed by atoms with E-state index in [9.17, 15) is 19.2 Å². The van der Waals surface area contributed by atoms with Crippen LogP contribution in [0.25, 0.3) is 0 Å². The number of para-hydroxylation sites is 1. The summed E-state index contributed by atoms with van der Waals surface area (Å²) >= 11 is 0. The minimum absolute atomic E-state index is 0.0777. The fourth-order valence-electron chi connectivity index (χ4n) is 5.82. The number of hydrogen-bond acceptors (Lipinski definition) is 5. The van der Waals surface area contributed by atoms with Gasteiger partial charge in [-0.15, -0.1) is 0 Å². The topological polar surface area (TPSA) is 84.0 Å². The van der Waals surface area contributed by atoms with Gasteiger partial charge in [0.15, 0.2) is 0 Å². The van der Waals surface area contributed by atoms with Gasteiger partial charge in [0, 0.05) is 18.7 Å². The van der Waals surface area contributed by atoms with Crippen LogP contribution in [0, 0.1) is 24.7 Å². The molecule has 2 aliphatic heterocycles. The smallest absolute Gasteiger partial charge is 0.316 e. The third-order valence-corrected chi connectivity index (χ3v) is 7.83. The second kappa shape index (κ2) is 9.96. The van der Waals surface area contributed by atoms with Crippen molar-refractivity contribution in [1.29, 1.82) is 0 Å². The molecule has 3 amide bonds. The summed E-state index contributed by atoms with van der Waals surface area (Å²) in [6.45, 7) is 6.20. The van der Waals surface area contributed by atoms with Gasteiger partial charge in [0.05, 0.1) is 23.4 Å². The van der Waals surface area contributed by atoms with Crippen molar-refractivity contribution >= 4 is 35.1 Å². The van der Waals surface area contributed by atoms with Crippen molar-refractivity contribution in [2.24, 2.45) is 17.8 Å². The van der Waals surface area contributed by atoms with Crippen molar-refractivity contribution in [3.05, 3.63) is 65.2 Å². The highest BCUT2D eigenvalue weighted by Crippen LogP contribution is 2.39. The van der Waals surface area contributed by atoms with Gasteiger partial charge >= 0.3 is 5.97 Å². The largest absolute Gasteiger partial charge is 0.426 e. The SMILES string of the molecule is CCc1cccc(CC)c1N1C[C@H](C(=O)Oc2ccc(N3C(=O)[C@H]4CC=CC[C@@H]4C3=O)c(C)c2)CC1=O. The molecule has 37 heavy (non-hydrogen) atoms. The van der Waals surface area contributed by atoms with Crippen LogP contribution in [0.5, 0.6) is 5.75 Å². The summed E-state index contributed by atoms with van der Waals surface area (Å²) in [5.41, 5.74) is 4.30. The highest BCUT2D eigenvalue weighted by Gasteiger charge is 2.48. The van der Waals surface area contributed by atoms with Gasteiger partial charge < -0.3 is 9.64 Å². The number of benzene rings is 2. The summed E-state index contributed by atoms with van der Waals surface area (Å²) in [5.74, 6) is -1.72. The Bertz CT molecular complexity index is 1260. The summed E-state index contributed by atoms with van der Waals surface area (Å²) in [5, 5.41) is 0. The number of esters is 1. The lowest BCUT2D eigenvalue weighted by Gasteiger charge is -2.23. The molecule has 0 N–H and O–H groups in total. The van der Waals surface area contributed by atoms with Crippen LogP contribution >= 0.6 is 0 Å². The Morgan fingerprint density at radius 2 is 1.57 bits per heavy atom. The van der Waals surface area contributed by atoms with Gasteiger partial charge in [-0.05, 0) is 67.5 Å². The molecule has 5 rings (SSSR count). The Labute approximate surface area is 217 Å². The van der Waals surface area contributed by atoms with Gasteiger partial charge in [0.25, 0.3) is 0 Å². The number of imide groups is 1. The number of ether oxygens (including phenoxy) is 1. The molecule has 0 radical (unpaired) electrons. The molecule has 0 saturated carbocycles. The number of carbonyl (C=O) groups is 4. The lowest BCUT2D eigenvalue weighted by molar-refractivity contribution is -0.139. The first kappa shape index (κ1) is 24.9. The van der Waals surface area contributed by atoms with E-state index in [0.717, 1.165) is 29.7 Å². The van der Waals surface area contributed by atoms with Gasteiger partial charge in [-0.2, -0.15) is 0 Å². The van der Waals surface area contributed by atoms with E-state index in [0.29, 0.717) is 29.8 Å². The number of aryl methyl sites for hydroxylation is 3. The Hall–Kier alpha value is -3.74. The number of fused-ring (bicyclic) bond motifs is 1. The number of carbonyl (C=O) groups excluding carboxylic acids is 4. The van der Waals surface area contributed by atoms with Gasteiger partial charge in [-0.25, -0.2) is 4.90 Å². The maximum atomic E-state index is 13.0. The maximum Gasteiger partial charge on any atom is 0.316 e. The fourth-order valence-corrected chi connectivity index (χ4v) is 5.82. The second-order valence-electron chi connectivity index (χ2n) is 10.1. The molecule has 3 aliphatic rings. The van der Waals surface area contributed by atoms with E-state index in [1.807, 2.05) is 30.4 Å². The van der Waals surface area contributed by atoms with E-state index < -0.39 is 11.9 Å². The van der Waals surface area contributed by atoms with Crippen LogP contribution in [-0.4, -0.2) is 30.2 Å². The molecule has 1 aliphatic carbocycles. The van der Waals surface area contributed by atoms with E-state index in [1.165, 1.54) is 4.90 Å². The highest BCUT2D eigenvalue weighted by atomic mass is 16.5. The molecular formula is C30H32N2O5. The molecule has 0 bridgehead atoms. The molecule has 2 aromatic carbocycles. The third-order valence-electron chi connectivity index (χ3n) is 7.83. The van der Waals surface area contributed by atoms with Crippen LogP contribution in [0.1, 0.15) is 49.8 Å². The molecule has 2 heterocycles. The van der Waals surface area contributed by atoms with Crippen LogP contribution in [0.2, 0.25) is 0 Å². The molecule has 7 nitrogen and oxygen atoms in total. The second-order valence-corrected chi connectivity index (χ2v) is 10.1. The van der Waals surface area contributed by atoms with Gasteiger partial charge in [0.1, 0.15) is 5.75 Å². The Kier molecular flexibility index (Phi) is 6.71. The molecule has 7 heteroatoms. The van der Waals surface area contributed by atoms with Crippen LogP contribution in [0.15, 0.2) is 48.6 Å². The average Bonchev–Trinajstić information content (AvgIpc) is 3.41. The van der Waals surface area contributed by atoms with Gasteiger partial charge in [0.2, 0.25) is 17.7 Å². The molecule has 2 fully saturated rings. The Morgan fingerprint density at radius 1 is 0.946 bits per heavy atom. The number of rotatable bonds is 6. The highest BCUT2D eigenvalue weighted by molar-refractivity contribution is 6.22. The lowest BCUT2D eigenvalue weighted by atomic mass is 9.85. The first-order valence-electron chi connectivity index (χ1n) is 13.1. The molecule has 0 aromatic heterocycles. The number of amides is 3. The van der Waals surface area contributed by atoms with Gasteiger partial charge in [-0.1, -0.05) is 44.2 Å². The van der Waals surface area contributed by atoms with E-state index >= 15 is 0 Å². The normalized spacial score (nSPS) is 23.1. The van der Waals surface area contributed by atoms with E-state index in [4.69, 9.17) is 4.74 Å². The first-order valence-corrected chi connectivity index (χ1v) is 13.1. The zero-order valence-electron chi connectivity index (χ0n) is 21.5. The third kappa shape index (κ3) is 4.37. The van der Waals surface area contributed by atoms with E-state index in [1.54, 1.807) is 30.0 Å². The number of allylic oxidation sites excluding steroid dienone is 2. The van der Waals surface area contributed by atoms with Crippen LogP contribution in [0.3, 0.4) is 0 Å². The molecule has 192 valence electrons. The molecule has 0 unspecified atom stereocenters. The van der Waals surface area contributed by atoms with Crippen molar-refractivity contribution in [2.45, 2.75) is 52.9 Å². The Morgan fingerprint density at radius 3 is 2.14 bits per heavy atom. The van der Waals surface area contributed by atoms with Crippen molar-refractivity contribution < 1.29 is 23.9 Å². The number of hydrogen-bond donors (Lipinski definition) is 0. The quantitative estimate of drug-likeness (QED) is 0.252. The Balaban J connectivity index is 1.30. The number of anilines is 2. The fraction of sp³-hybridized carbons (Fsp3) is 0.400. The summed E-state index contributed by atoms with van der Waals surface area (Å²) in [6, 6.07) is 11.0. The molecule has 0 spiro atoms. The van der Waals surface area contributed by atoms with Gasteiger partial charge in [-0.3, -0.25) is 19.2 Å². The molecule has 2 saturated heterocycles. The van der Waals surface area contributed by atoms with Crippen LogP contribution in [-0.2, 0) is 32.0 Å². The predicted molar refractivity (Wildman–Crippen MR) is 140 cm³/mol. The van der Waals surface area contributed by atoms with E-state index in [2.05, 4.69) is 13.8 Å². The standard InChI is InChI=1S/C30H32N2O5/c1-4-19-9-8-10-20(5-2)27(19)31-17-21(16-26(31)33)30(36)37-22-13-14-25(18(3)15-22)32-28(34)23-11-6-7-12-24(23)29(32)35/h6-10,13-15,21,23-24H,4-5,11-12,16-17H2,1-3H3/t21-,23+,24+/m1/s1. The summed E-state index contributed by atoms with van der Waals surface area (Å²) in [6.07, 6.45) is 6.79. The summed E-state index contributed by atoms with van der Waals surface area (Å²) in [4.78, 5) is 54.9. The minimum Gasteiger partial charge on any atom is -0.426 e. The average molecular weight is 501 g/mol. The summed E-state index contributed by atoms with van der Waals surface area (Å²) in [7, 11) is 0. The molecular weight excluding hydrogens is 468 g/mol. The first-order chi connectivity index (χ1) is 17.8. The van der Waals surface area contributed by atoms with Crippen molar-refractivity contribution in [2.75, 3.05) is 16.3 Å². The molecule has 3 atom stereocenters. The van der Waals surface area contributed by atoms with Crippen LogP contribution in [0.4, 0.5) is 11.4 Å². The summed E-state index contributed by atoms with van der Waals surface area (Å²) < 4.78 is 5.67. The minimum atomic E-state index is -0.570. The van der Waals surface area contributed by atoms with Crippen LogP contribution < -0.4 is 14.5 Å². The zero-order chi connectivity index (χ0) is 26.3. The molecule has 2 aromatic rings. The number of nitrogens with zero attached hydrogens (tertiary/aromatic N) is 2. The lowest BCUT2D eigenvalue weighted by Crippen LogP contribution is -2.31. The van der Waals surface area contributed by atoms with Crippen molar-refractivity contribution in [1.82, 2.24) is 0 Å².